The lowest BCUT2D eigenvalue weighted by atomic mass is 10.2. The van der Waals surface area contributed by atoms with E-state index in [9.17, 15) is 4.79 Å². The fourth-order valence-electron chi connectivity index (χ4n) is 1.47. The first kappa shape index (κ1) is 14.3. The standard InChI is InChI=1S/C13H19NO4/c1-16-11-6-5-10(9-14)12(8-11)18-7-3-4-13(15)17-2/h5-6,8H,3-4,7,9,14H2,1-2H3. The van der Waals surface area contributed by atoms with E-state index < -0.39 is 0 Å². The number of ether oxygens (including phenoxy) is 3. The van der Waals surface area contributed by atoms with Gasteiger partial charge in [0.1, 0.15) is 11.5 Å². The summed E-state index contributed by atoms with van der Waals surface area (Å²) in [4.78, 5) is 10.9. The maximum atomic E-state index is 10.9. The lowest BCUT2D eigenvalue weighted by Gasteiger charge is -2.11. The van der Waals surface area contributed by atoms with Crippen molar-refractivity contribution in [3.05, 3.63) is 23.8 Å². The third-order valence-corrected chi connectivity index (χ3v) is 2.50. The molecule has 0 spiro atoms. The molecule has 0 aromatic heterocycles. The Kier molecular flexibility index (Phi) is 6.00. The van der Waals surface area contributed by atoms with Gasteiger partial charge in [-0.2, -0.15) is 0 Å². The van der Waals surface area contributed by atoms with E-state index in [-0.39, 0.29) is 5.97 Å². The van der Waals surface area contributed by atoms with Crippen molar-refractivity contribution in [2.24, 2.45) is 5.73 Å². The molecule has 5 nitrogen and oxygen atoms in total. The van der Waals surface area contributed by atoms with Gasteiger partial charge in [0.2, 0.25) is 0 Å². The predicted molar refractivity (Wildman–Crippen MR) is 67.6 cm³/mol. The lowest BCUT2D eigenvalue weighted by molar-refractivity contribution is -0.140. The van der Waals surface area contributed by atoms with Crippen molar-refractivity contribution in [2.45, 2.75) is 19.4 Å². The second-order valence-corrected chi connectivity index (χ2v) is 3.71. The summed E-state index contributed by atoms with van der Waals surface area (Å²) in [7, 11) is 2.97. The highest BCUT2D eigenvalue weighted by Gasteiger charge is 2.05. The topological polar surface area (TPSA) is 70.8 Å². The molecule has 0 saturated carbocycles. The zero-order valence-electron chi connectivity index (χ0n) is 10.8. The first-order chi connectivity index (χ1) is 8.71. The van der Waals surface area contributed by atoms with Gasteiger partial charge >= 0.3 is 5.97 Å². The number of esters is 1. The van der Waals surface area contributed by atoms with Crippen molar-refractivity contribution in [2.75, 3.05) is 20.8 Å². The minimum Gasteiger partial charge on any atom is -0.497 e. The molecule has 1 rings (SSSR count). The van der Waals surface area contributed by atoms with Crippen LogP contribution in [0.5, 0.6) is 11.5 Å². The SMILES string of the molecule is COC(=O)CCCOc1cc(OC)ccc1CN. The van der Waals surface area contributed by atoms with E-state index in [4.69, 9.17) is 15.2 Å². The van der Waals surface area contributed by atoms with Crippen molar-refractivity contribution >= 4 is 5.97 Å². The van der Waals surface area contributed by atoms with Crippen molar-refractivity contribution in [1.82, 2.24) is 0 Å². The highest BCUT2D eigenvalue weighted by atomic mass is 16.5. The number of rotatable bonds is 7. The second-order valence-electron chi connectivity index (χ2n) is 3.71. The Morgan fingerprint density at radius 2 is 2.11 bits per heavy atom. The van der Waals surface area contributed by atoms with Crippen molar-refractivity contribution in [3.8, 4) is 11.5 Å². The Bertz CT molecular complexity index is 393. The van der Waals surface area contributed by atoms with E-state index in [1.165, 1.54) is 7.11 Å². The Balaban J connectivity index is 2.52. The number of methoxy groups -OCH3 is 2. The minimum atomic E-state index is -0.233. The van der Waals surface area contributed by atoms with Crippen LogP contribution in [0, 0.1) is 0 Å². The van der Waals surface area contributed by atoms with E-state index >= 15 is 0 Å². The highest BCUT2D eigenvalue weighted by molar-refractivity contribution is 5.69. The third-order valence-electron chi connectivity index (χ3n) is 2.50. The third kappa shape index (κ3) is 4.25. The molecule has 0 bridgehead atoms. The molecule has 1 aromatic rings. The van der Waals surface area contributed by atoms with Gasteiger partial charge in [-0.3, -0.25) is 4.79 Å². The van der Waals surface area contributed by atoms with Gasteiger partial charge in [0.25, 0.3) is 0 Å². The van der Waals surface area contributed by atoms with Crippen LogP contribution in [0.15, 0.2) is 18.2 Å². The summed E-state index contributed by atoms with van der Waals surface area (Å²) in [6.45, 7) is 0.839. The molecule has 5 heteroatoms. The summed E-state index contributed by atoms with van der Waals surface area (Å²) in [5.74, 6) is 1.18. The zero-order chi connectivity index (χ0) is 13.4. The Hall–Kier alpha value is -1.75. The van der Waals surface area contributed by atoms with Gasteiger partial charge in [0.15, 0.2) is 0 Å². The van der Waals surface area contributed by atoms with E-state index in [0.29, 0.717) is 31.7 Å². The van der Waals surface area contributed by atoms with Gasteiger partial charge in [-0.05, 0) is 12.5 Å². The van der Waals surface area contributed by atoms with E-state index in [1.54, 1.807) is 13.2 Å². The summed E-state index contributed by atoms with van der Waals surface area (Å²) in [6, 6.07) is 5.50. The van der Waals surface area contributed by atoms with Crippen molar-refractivity contribution in [3.63, 3.8) is 0 Å². The van der Waals surface area contributed by atoms with Gasteiger partial charge in [-0.15, -0.1) is 0 Å². The Labute approximate surface area is 107 Å². The maximum absolute atomic E-state index is 10.9. The molecule has 0 aliphatic heterocycles. The fourth-order valence-corrected chi connectivity index (χ4v) is 1.47. The van der Waals surface area contributed by atoms with Crippen molar-refractivity contribution in [1.29, 1.82) is 0 Å². The minimum absolute atomic E-state index is 0.233. The monoisotopic (exact) mass is 253 g/mol. The maximum Gasteiger partial charge on any atom is 0.305 e. The van der Waals surface area contributed by atoms with Crippen LogP contribution in [-0.2, 0) is 16.1 Å². The fraction of sp³-hybridized carbons (Fsp3) is 0.462. The largest absolute Gasteiger partial charge is 0.497 e. The van der Waals surface area contributed by atoms with Crippen LogP contribution in [0.25, 0.3) is 0 Å². The summed E-state index contributed by atoms with van der Waals surface area (Å²) < 4.78 is 15.3. The summed E-state index contributed by atoms with van der Waals surface area (Å²) in [6.07, 6.45) is 0.951. The smallest absolute Gasteiger partial charge is 0.305 e. The molecular weight excluding hydrogens is 234 g/mol. The van der Waals surface area contributed by atoms with E-state index in [0.717, 1.165) is 11.3 Å². The molecule has 18 heavy (non-hydrogen) atoms. The molecule has 100 valence electrons. The first-order valence-corrected chi connectivity index (χ1v) is 5.78. The summed E-state index contributed by atoms with van der Waals surface area (Å²) in [5.41, 5.74) is 6.53. The summed E-state index contributed by atoms with van der Waals surface area (Å²) in [5, 5.41) is 0. The molecular formula is C13H19NO4. The van der Waals surface area contributed by atoms with Gasteiger partial charge in [0.05, 0.1) is 20.8 Å². The molecule has 0 saturated heterocycles. The van der Waals surface area contributed by atoms with E-state index in [1.807, 2.05) is 12.1 Å². The molecule has 0 unspecified atom stereocenters. The molecule has 0 aliphatic rings. The van der Waals surface area contributed by atoms with Gasteiger partial charge in [-0.25, -0.2) is 0 Å². The van der Waals surface area contributed by atoms with Crippen LogP contribution in [0.3, 0.4) is 0 Å². The molecule has 0 atom stereocenters. The number of hydrogen-bond acceptors (Lipinski definition) is 5. The molecule has 0 heterocycles. The summed E-state index contributed by atoms with van der Waals surface area (Å²) >= 11 is 0. The normalized spacial score (nSPS) is 9.94. The predicted octanol–water partition coefficient (Wildman–Crippen LogP) is 1.49. The second kappa shape index (κ2) is 7.55. The molecule has 0 amide bonds. The highest BCUT2D eigenvalue weighted by Crippen LogP contribution is 2.24. The van der Waals surface area contributed by atoms with Crippen molar-refractivity contribution < 1.29 is 19.0 Å². The number of carbonyl (C=O) groups excluding carboxylic acids is 1. The van der Waals surface area contributed by atoms with Crippen LogP contribution in [0.2, 0.25) is 0 Å². The molecule has 0 aliphatic carbocycles. The number of benzene rings is 1. The van der Waals surface area contributed by atoms with Crippen LogP contribution >= 0.6 is 0 Å². The average molecular weight is 253 g/mol. The van der Waals surface area contributed by atoms with E-state index in [2.05, 4.69) is 4.74 Å². The van der Waals surface area contributed by atoms with Gasteiger partial charge in [0, 0.05) is 24.6 Å². The van der Waals surface area contributed by atoms with Crippen LogP contribution in [0.4, 0.5) is 0 Å². The zero-order valence-corrected chi connectivity index (χ0v) is 10.8. The van der Waals surface area contributed by atoms with Crippen LogP contribution < -0.4 is 15.2 Å². The molecule has 1 aromatic carbocycles. The molecule has 0 radical (unpaired) electrons. The molecule has 0 fully saturated rings. The van der Waals surface area contributed by atoms with Gasteiger partial charge in [-0.1, -0.05) is 6.07 Å². The number of hydrogen-bond donors (Lipinski definition) is 1. The lowest BCUT2D eigenvalue weighted by Crippen LogP contribution is -2.07. The Morgan fingerprint density at radius 3 is 2.72 bits per heavy atom. The quantitative estimate of drug-likeness (QED) is 0.589. The molecule has 2 N–H and O–H groups in total. The number of carbonyl (C=O) groups is 1. The Morgan fingerprint density at radius 1 is 1.33 bits per heavy atom. The first-order valence-electron chi connectivity index (χ1n) is 5.78. The van der Waals surface area contributed by atoms with Gasteiger partial charge < -0.3 is 19.9 Å². The number of nitrogens with two attached hydrogens (primary N) is 1. The van der Waals surface area contributed by atoms with Crippen LogP contribution in [-0.4, -0.2) is 26.8 Å². The van der Waals surface area contributed by atoms with Crippen LogP contribution in [0.1, 0.15) is 18.4 Å². The average Bonchev–Trinajstić information content (AvgIpc) is 2.42.